The lowest BCUT2D eigenvalue weighted by molar-refractivity contribution is -0.122. The first-order valence-corrected chi connectivity index (χ1v) is 7.41. The van der Waals surface area contributed by atoms with E-state index in [1.165, 1.54) is 6.42 Å². The van der Waals surface area contributed by atoms with Crippen molar-refractivity contribution in [2.45, 2.75) is 65.0 Å². The van der Waals surface area contributed by atoms with Gasteiger partial charge in [0.15, 0.2) is 0 Å². The van der Waals surface area contributed by atoms with Gasteiger partial charge in [0, 0.05) is 31.7 Å². The molecular formula is C15H24N2O2. The van der Waals surface area contributed by atoms with Crippen LogP contribution >= 0.6 is 0 Å². The van der Waals surface area contributed by atoms with E-state index in [4.69, 9.17) is 4.74 Å². The molecule has 0 saturated carbocycles. The van der Waals surface area contributed by atoms with Gasteiger partial charge in [0.2, 0.25) is 0 Å². The molecular weight excluding hydrogens is 240 g/mol. The van der Waals surface area contributed by atoms with Crippen LogP contribution < -0.4 is 0 Å². The smallest absolute Gasteiger partial charge is 0.141 e. The largest absolute Gasteiger partial charge is 0.378 e. The van der Waals surface area contributed by atoms with Gasteiger partial charge >= 0.3 is 0 Å². The van der Waals surface area contributed by atoms with E-state index >= 15 is 0 Å². The first kappa shape index (κ1) is 14.3. The number of aromatic nitrogens is 2. The molecule has 0 radical (unpaired) electrons. The highest BCUT2D eigenvalue weighted by atomic mass is 16.5. The summed E-state index contributed by atoms with van der Waals surface area (Å²) in [5.41, 5.74) is 2.11. The third-order valence-electron chi connectivity index (χ3n) is 3.68. The molecule has 1 aliphatic rings. The Hall–Kier alpha value is -1.16. The highest BCUT2D eigenvalue weighted by Crippen LogP contribution is 2.17. The summed E-state index contributed by atoms with van der Waals surface area (Å²) in [6.45, 7) is 5.78. The summed E-state index contributed by atoms with van der Waals surface area (Å²) in [4.78, 5) is 12.1. The maximum absolute atomic E-state index is 12.1. The lowest BCUT2D eigenvalue weighted by Crippen LogP contribution is -2.23. The number of rotatable bonds is 6. The standard InChI is InChI=1S/C15H24N2O2/c1-3-12-9-13(17(4-2)16-12)10-14(18)11-15-7-5-6-8-19-15/h9,15H,3-8,10-11H2,1-2H3. The summed E-state index contributed by atoms with van der Waals surface area (Å²) < 4.78 is 7.57. The van der Waals surface area contributed by atoms with Crippen molar-refractivity contribution in [3.05, 3.63) is 17.5 Å². The molecule has 0 N–H and O–H groups in total. The average Bonchev–Trinajstić information content (AvgIpc) is 2.82. The zero-order valence-electron chi connectivity index (χ0n) is 12.0. The van der Waals surface area contributed by atoms with E-state index in [1.54, 1.807) is 0 Å². The van der Waals surface area contributed by atoms with Crippen molar-refractivity contribution in [2.24, 2.45) is 0 Å². The van der Waals surface area contributed by atoms with E-state index in [0.717, 1.165) is 43.8 Å². The van der Waals surface area contributed by atoms with Gasteiger partial charge in [-0.25, -0.2) is 0 Å². The molecule has 1 unspecified atom stereocenters. The van der Waals surface area contributed by atoms with Crippen LogP contribution in [0.1, 0.15) is 50.9 Å². The van der Waals surface area contributed by atoms with Gasteiger partial charge < -0.3 is 4.74 Å². The third-order valence-corrected chi connectivity index (χ3v) is 3.68. The number of carbonyl (C=O) groups is 1. The van der Waals surface area contributed by atoms with Crippen molar-refractivity contribution in [1.82, 2.24) is 9.78 Å². The molecule has 1 aromatic heterocycles. The molecule has 4 heteroatoms. The Morgan fingerprint density at radius 3 is 2.95 bits per heavy atom. The average molecular weight is 264 g/mol. The second kappa shape index (κ2) is 6.85. The SMILES string of the molecule is CCc1cc(CC(=O)CC2CCCCO2)n(CC)n1. The summed E-state index contributed by atoms with van der Waals surface area (Å²) in [6.07, 6.45) is 5.44. The zero-order chi connectivity index (χ0) is 13.7. The minimum absolute atomic E-state index is 0.143. The van der Waals surface area contributed by atoms with Crippen LogP contribution in [0.3, 0.4) is 0 Å². The van der Waals surface area contributed by atoms with E-state index in [0.29, 0.717) is 12.8 Å². The molecule has 0 aromatic carbocycles. The van der Waals surface area contributed by atoms with Crippen molar-refractivity contribution >= 4 is 5.78 Å². The predicted molar refractivity (Wildman–Crippen MR) is 74.2 cm³/mol. The molecule has 1 saturated heterocycles. The van der Waals surface area contributed by atoms with Crippen LogP contribution in [0.15, 0.2) is 6.07 Å². The first-order chi connectivity index (χ1) is 9.22. The summed E-state index contributed by atoms with van der Waals surface area (Å²) in [6, 6.07) is 2.06. The minimum atomic E-state index is 0.143. The van der Waals surface area contributed by atoms with Crippen molar-refractivity contribution in [3.8, 4) is 0 Å². The topological polar surface area (TPSA) is 44.1 Å². The molecule has 1 atom stereocenters. The van der Waals surface area contributed by atoms with Gasteiger partial charge in [-0.15, -0.1) is 0 Å². The number of carbonyl (C=O) groups excluding carboxylic acids is 1. The number of Topliss-reactive ketones (excluding diaryl/α,β-unsaturated/α-hetero) is 1. The summed E-state index contributed by atoms with van der Waals surface area (Å²) in [5.74, 6) is 0.268. The van der Waals surface area contributed by atoms with Crippen molar-refractivity contribution in [1.29, 1.82) is 0 Å². The molecule has 4 nitrogen and oxygen atoms in total. The number of hydrogen-bond donors (Lipinski definition) is 0. The van der Waals surface area contributed by atoms with Crippen LogP contribution in [0, 0.1) is 0 Å². The van der Waals surface area contributed by atoms with Crippen LogP contribution in [0.4, 0.5) is 0 Å². The van der Waals surface area contributed by atoms with Gasteiger partial charge in [0.25, 0.3) is 0 Å². The normalized spacial score (nSPS) is 19.6. The Morgan fingerprint density at radius 2 is 2.32 bits per heavy atom. The van der Waals surface area contributed by atoms with Gasteiger partial charge in [0.05, 0.1) is 11.8 Å². The molecule has 1 fully saturated rings. The van der Waals surface area contributed by atoms with E-state index in [1.807, 2.05) is 4.68 Å². The van der Waals surface area contributed by atoms with Crippen LogP contribution in [-0.4, -0.2) is 28.3 Å². The Labute approximate surface area is 115 Å². The Morgan fingerprint density at radius 1 is 1.47 bits per heavy atom. The van der Waals surface area contributed by atoms with E-state index in [-0.39, 0.29) is 11.9 Å². The first-order valence-electron chi connectivity index (χ1n) is 7.41. The van der Waals surface area contributed by atoms with E-state index in [9.17, 15) is 4.79 Å². The number of aryl methyl sites for hydroxylation is 2. The maximum atomic E-state index is 12.1. The Bertz CT molecular complexity index is 420. The number of ether oxygens (including phenoxy) is 1. The fourth-order valence-corrected chi connectivity index (χ4v) is 2.60. The third kappa shape index (κ3) is 3.90. The second-order valence-electron chi connectivity index (χ2n) is 5.20. The fraction of sp³-hybridized carbons (Fsp3) is 0.733. The minimum Gasteiger partial charge on any atom is -0.378 e. The zero-order valence-corrected chi connectivity index (χ0v) is 12.0. The van der Waals surface area contributed by atoms with Crippen LogP contribution in [0.25, 0.3) is 0 Å². The molecule has 0 spiro atoms. The monoisotopic (exact) mass is 264 g/mol. The Balaban J connectivity index is 1.92. The van der Waals surface area contributed by atoms with Crippen LogP contribution in [-0.2, 0) is 28.9 Å². The molecule has 0 aliphatic carbocycles. The van der Waals surface area contributed by atoms with E-state index < -0.39 is 0 Å². The van der Waals surface area contributed by atoms with Gasteiger partial charge in [-0.05, 0) is 38.7 Å². The lowest BCUT2D eigenvalue weighted by atomic mass is 10.0. The van der Waals surface area contributed by atoms with Crippen molar-refractivity contribution in [2.75, 3.05) is 6.61 Å². The molecule has 2 rings (SSSR count). The highest BCUT2D eigenvalue weighted by Gasteiger charge is 2.19. The molecule has 1 aromatic rings. The molecule has 2 heterocycles. The van der Waals surface area contributed by atoms with Gasteiger partial charge in [-0.2, -0.15) is 5.10 Å². The van der Waals surface area contributed by atoms with Gasteiger partial charge in [-0.3, -0.25) is 9.48 Å². The van der Waals surface area contributed by atoms with Gasteiger partial charge in [-0.1, -0.05) is 6.92 Å². The fourth-order valence-electron chi connectivity index (χ4n) is 2.60. The molecule has 0 bridgehead atoms. The number of nitrogens with zero attached hydrogens (tertiary/aromatic N) is 2. The van der Waals surface area contributed by atoms with Gasteiger partial charge in [0.1, 0.15) is 5.78 Å². The molecule has 0 amide bonds. The second-order valence-corrected chi connectivity index (χ2v) is 5.20. The van der Waals surface area contributed by atoms with Crippen molar-refractivity contribution < 1.29 is 9.53 Å². The maximum Gasteiger partial charge on any atom is 0.141 e. The quantitative estimate of drug-likeness (QED) is 0.793. The summed E-state index contributed by atoms with van der Waals surface area (Å²) >= 11 is 0. The van der Waals surface area contributed by atoms with E-state index in [2.05, 4.69) is 25.0 Å². The molecule has 106 valence electrons. The van der Waals surface area contributed by atoms with Crippen LogP contribution in [0.5, 0.6) is 0 Å². The molecule has 19 heavy (non-hydrogen) atoms. The summed E-state index contributed by atoms with van der Waals surface area (Å²) in [7, 11) is 0. The highest BCUT2D eigenvalue weighted by molar-refractivity contribution is 5.81. The van der Waals surface area contributed by atoms with Crippen LogP contribution in [0.2, 0.25) is 0 Å². The predicted octanol–water partition coefficient (Wildman–Crippen LogP) is 2.54. The summed E-state index contributed by atoms with van der Waals surface area (Å²) in [5, 5.41) is 4.48. The number of ketones is 1. The number of hydrogen-bond acceptors (Lipinski definition) is 3. The lowest BCUT2D eigenvalue weighted by Gasteiger charge is -2.21. The van der Waals surface area contributed by atoms with Crippen molar-refractivity contribution in [3.63, 3.8) is 0 Å². The molecule has 1 aliphatic heterocycles. The Kier molecular flexibility index (Phi) is 5.14.